The number of benzene rings is 1. The van der Waals surface area contributed by atoms with Crippen LogP contribution < -0.4 is 21.3 Å². The van der Waals surface area contributed by atoms with E-state index in [1.165, 1.54) is 6.92 Å². The number of hydrogen-bond donors (Lipinski definition) is 7. The Morgan fingerprint density at radius 3 is 2.35 bits per heavy atom. The van der Waals surface area contributed by atoms with Gasteiger partial charge in [-0.2, -0.15) is 0 Å². The van der Waals surface area contributed by atoms with Gasteiger partial charge in [-0.25, -0.2) is 4.79 Å². The van der Waals surface area contributed by atoms with Gasteiger partial charge in [0, 0.05) is 23.5 Å². The van der Waals surface area contributed by atoms with Crippen molar-refractivity contribution in [2.45, 2.75) is 76.7 Å². The highest BCUT2D eigenvalue weighted by molar-refractivity contribution is 5.95. The van der Waals surface area contributed by atoms with Gasteiger partial charge >= 0.3 is 5.97 Å². The van der Waals surface area contributed by atoms with Crippen molar-refractivity contribution < 1.29 is 29.4 Å². The molecule has 1 aromatic heterocycles. The van der Waals surface area contributed by atoms with Gasteiger partial charge in [0.2, 0.25) is 17.7 Å². The molecule has 0 bridgehead atoms. The Hall–Kier alpha value is -3.44. The molecule has 11 heteroatoms. The highest BCUT2D eigenvalue weighted by Gasteiger charge is 2.34. The second kappa shape index (κ2) is 12.7. The maximum absolute atomic E-state index is 13.3. The van der Waals surface area contributed by atoms with E-state index in [1.54, 1.807) is 6.20 Å². The summed E-state index contributed by atoms with van der Waals surface area (Å²) in [6, 6.07) is 3.46. The molecule has 2 heterocycles. The van der Waals surface area contributed by atoms with Crippen LogP contribution in [0.4, 0.5) is 0 Å². The van der Waals surface area contributed by atoms with Crippen molar-refractivity contribution in [1.82, 2.24) is 26.3 Å². The Balaban J connectivity index is 1.82. The van der Waals surface area contributed by atoms with Crippen LogP contribution in [0.15, 0.2) is 30.5 Å². The average molecular weight is 516 g/mol. The molecule has 0 aliphatic carbocycles. The number of aliphatic hydroxyl groups excluding tert-OH is 1. The summed E-state index contributed by atoms with van der Waals surface area (Å²) in [5.74, 6) is -2.96. The molecule has 2 aromatic rings. The molecule has 3 rings (SSSR count). The highest BCUT2D eigenvalue weighted by Crippen LogP contribution is 2.19. The molecule has 1 aromatic carbocycles. The molecule has 0 radical (unpaired) electrons. The fourth-order valence-electron chi connectivity index (χ4n) is 4.52. The van der Waals surface area contributed by atoms with Crippen LogP contribution in [0.5, 0.6) is 0 Å². The number of aliphatic carboxylic acids is 1. The standard InChI is InChI=1S/C26H37N5O6/c1-14(2)11-21(26(36)37)30-24(34)20(12-16-13-28-18-8-5-4-7-17(16)18)29-25(35)22(15(3)32)31-23(33)19-9-6-10-27-19/h4-5,7-8,13-15,19-22,27-28,32H,6,9-12H2,1-3H3,(H,29,35)(H,30,34)(H,31,33)(H,36,37). The van der Waals surface area contributed by atoms with E-state index in [0.29, 0.717) is 13.0 Å². The summed E-state index contributed by atoms with van der Waals surface area (Å²) >= 11 is 0. The molecule has 7 N–H and O–H groups in total. The van der Waals surface area contributed by atoms with E-state index < -0.39 is 54.0 Å². The van der Waals surface area contributed by atoms with Crippen molar-refractivity contribution >= 4 is 34.6 Å². The number of amides is 3. The van der Waals surface area contributed by atoms with E-state index in [2.05, 4.69) is 26.3 Å². The molecule has 37 heavy (non-hydrogen) atoms. The lowest BCUT2D eigenvalue weighted by Crippen LogP contribution is -2.60. The molecular weight excluding hydrogens is 478 g/mol. The van der Waals surface area contributed by atoms with E-state index in [4.69, 9.17) is 0 Å². The number of carbonyl (C=O) groups excluding carboxylic acids is 3. The fourth-order valence-corrected chi connectivity index (χ4v) is 4.52. The van der Waals surface area contributed by atoms with Crippen molar-refractivity contribution in [2.24, 2.45) is 5.92 Å². The number of fused-ring (bicyclic) bond motifs is 1. The number of H-pyrrole nitrogens is 1. The topological polar surface area (TPSA) is 173 Å². The van der Waals surface area contributed by atoms with E-state index >= 15 is 0 Å². The number of para-hydroxylation sites is 1. The van der Waals surface area contributed by atoms with E-state index in [-0.39, 0.29) is 18.8 Å². The lowest BCUT2D eigenvalue weighted by atomic mass is 10.0. The average Bonchev–Trinajstić information content (AvgIpc) is 3.51. The summed E-state index contributed by atoms with van der Waals surface area (Å²) in [6.45, 7) is 5.77. The first kappa shape index (κ1) is 28.1. The summed E-state index contributed by atoms with van der Waals surface area (Å²) < 4.78 is 0. The lowest BCUT2D eigenvalue weighted by Gasteiger charge is -2.26. The zero-order valence-electron chi connectivity index (χ0n) is 21.4. The van der Waals surface area contributed by atoms with Crippen LogP contribution in [0.3, 0.4) is 0 Å². The maximum atomic E-state index is 13.3. The molecule has 3 amide bonds. The summed E-state index contributed by atoms with van der Waals surface area (Å²) in [5, 5.41) is 31.5. The van der Waals surface area contributed by atoms with Crippen molar-refractivity contribution in [2.75, 3.05) is 6.54 Å². The van der Waals surface area contributed by atoms with Crippen molar-refractivity contribution in [3.63, 3.8) is 0 Å². The Morgan fingerprint density at radius 2 is 1.73 bits per heavy atom. The Bertz CT molecular complexity index is 1110. The molecular formula is C26H37N5O6. The summed E-state index contributed by atoms with van der Waals surface area (Å²) in [4.78, 5) is 54.0. The van der Waals surface area contributed by atoms with Gasteiger partial charge in [-0.05, 0) is 50.3 Å². The molecule has 1 fully saturated rings. The molecule has 11 nitrogen and oxygen atoms in total. The normalized spacial score (nSPS) is 18.7. The molecule has 202 valence electrons. The summed E-state index contributed by atoms with van der Waals surface area (Å²) in [5.41, 5.74) is 1.60. The van der Waals surface area contributed by atoms with Crippen molar-refractivity contribution in [3.05, 3.63) is 36.0 Å². The van der Waals surface area contributed by atoms with Crippen LogP contribution in [-0.2, 0) is 25.6 Å². The van der Waals surface area contributed by atoms with Crippen LogP contribution in [0.25, 0.3) is 10.9 Å². The minimum atomic E-state index is -1.29. The first-order chi connectivity index (χ1) is 17.6. The number of carbonyl (C=O) groups is 4. The van der Waals surface area contributed by atoms with E-state index in [9.17, 15) is 29.4 Å². The van der Waals surface area contributed by atoms with Crippen LogP contribution in [0, 0.1) is 5.92 Å². The van der Waals surface area contributed by atoms with Crippen LogP contribution in [0.2, 0.25) is 0 Å². The van der Waals surface area contributed by atoms with Crippen molar-refractivity contribution in [3.8, 4) is 0 Å². The van der Waals surface area contributed by atoms with Crippen LogP contribution in [0.1, 0.15) is 45.6 Å². The summed E-state index contributed by atoms with van der Waals surface area (Å²) in [6.07, 6.45) is 2.25. The number of carboxylic acid groups (broad SMARTS) is 1. The Morgan fingerprint density at radius 1 is 1.03 bits per heavy atom. The third-order valence-electron chi connectivity index (χ3n) is 6.49. The first-order valence-electron chi connectivity index (χ1n) is 12.7. The van der Waals surface area contributed by atoms with Gasteiger partial charge in [0.1, 0.15) is 18.1 Å². The lowest BCUT2D eigenvalue weighted by molar-refractivity contribution is -0.143. The third-order valence-corrected chi connectivity index (χ3v) is 6.49. The van der Waals surface area contributed by atoms with Gasteiger partial charge in [-0.1, -0.05) is 32.0 Å². The Kier molecular flexibility index (Phi) is 9.65. The van der Waals surface area contributed by atoms with Crippen molar-refractivity contribution in [1.29, 1.82) is 0 Å². The predicted molar refractivity (Wildman–Crippen MR) is 138 cm³/mol. The van der Waals surface area contributed by atoms with Gasteiger partial charge in [-0.15, -0.1) is 0 Å². The van der Waals surface area contributed by atoms with Gasteiger partial charge in [0.05, 0.1) is 12.1 Å². The van der Waals surface area contributed by atoms with Gasteiger partial charge in [0.25, 0.3) is 0 Å². The number of aliphatic hydroxyl groups is 1. The first-order valence-corrected chi connectivity index (χ1v) is 12.7. The zero-order chi connectivity index (χ0) is 27.1. The van der Waals surface area contributed by atoms with Gasteiger partial charge in [0.15, 0.2) is 0 Å². The number of carboxylic acids is 1. The van der Waals surface area contributed by atoms with Gasteiger partial charge in [-0.3, -0.25) is 14.4 Å². The molecule has 1 saturated heterocycles. The SMILES string of the molecule is CC(C)CC(NC(=O)C(Cc1c[nH]c2ccccc12)NC(=O)C(NC(=O)C1CCCN1)C(C)O)C(=O)O. The molecule has 1 aliphatic rings. The number of hydrogen-bond acceptors (Lipinski definition) is 6. The largest absolute Gasteiger partial charge is 0.480 e. The third kappa shape index (κ3) is 7.53. The van der Waals surface area contributed by atoms with Crippen LogP contribution >= 0.6 is 0 Å². The number of rotatable bonds is 12. The number of aromatic amines is 1. The molecule has 5 unspecified atom stereocenters. The number of nitrogens with one attached hydrogen (secondary N) is 5. The Labute approximate surface area is 215 Å². The van der Waals surface area contributed by atoms with E-state index in [1.807, 2.05) is 38.1 Å². The monoisotopic (exact) mass is 515 g/mol. The highest BCUT2D eigenvalue weighted by atomic mass is 16.4. The minimum absolute atomic E-state index is 0.0158. The van der Waals surface area contributed by atoms with Crippen LogP contribution in [-0.4, -0.2) is 75.7 Å². The minimum Gasteiger partial charge on any atom is -0.480 e. The zero-order valence-corrected chi connectivity index (χ0v) is 21.4. The quantitative estimate of drug-likeness (QED) is 0.215. The number of aromatic nitrogens is 1. The summed E-state index contributed by atoms with van der Waals surface area (Å²) in [7, 11) is 0. The molecule has 5 atom stereocenters. The van der Waals surface area contributed by atoms with Gasteiger partial charge < -0.3 is 36.5 Å². The molecule has 1 aliphatic heterocycles. The second-order valence-corrected chi connectivity index (χ2v) is 10.0. The fraction of sp³-hybridized carbons (Fsp3) is 0.538. The smallest absolute Gasteiger partial charge is 0.326 e. The second-order valence-electron chi connectivity index (χ2n) is 10.0. The maximum Gasteiger partial charge on any atom is 0.326 e. The molecule has 0 saturated carbocycles. The van der Waals surface area contributed by atoms with E-state index in [0.717, 1.165) is 22.9 Å². The predicted octanol–water partition coefficient (Wildman–Crippen LogP) is 0.428. The molecule has 0 spiro atoms.